The summed E-state index contributed by atoms with van der Waals surface area (Å²) in [6, 6.07) is 9.57. The molecule has 0 unspecified atom stereocenters. The van der Waals surface area contributed by atoms with E-state index in [2.05, 4.69) is 5.32 Å². The molecule has 17 heteroatoms. The molecule has 12 nitrogen and oxygen atoms in total. The normalized spacial score (nSPS) is 18.0. The van der Waals surface area contributed by atoms with E-state index in [0.29, 0.717) is 27.7 Å². The van der Waals surface area contributed by atoms with Crippen molar-refractivity contribution in [3.63, 3.8) is 0 Å². The average Bonchev–Trinajstić information content (AvgIpc) is 3.24. The van der Waals surface area contributed by atoms with Gasteiger partial charge in [-0.2, -0.15) is 4.58 Å². The van der Waals surface area contributed by atoms with Crippen LogP contribution in [0.25, 0.3) is 0 Å². The van der Waals surface area contributed by atoms with Crippen molar-refractivity contribution in [2.75, 3.05) is 41.6 Å². The minimum Gasteiger partial charge on any atom is -0.748 e. The van der Waals surface area contributed by atoms with Crippen LogP contribution in [-0.2, 0) is 44.7 Å². The quantitative estimate of drug-likeness (QED) is 0.145. The van der Waals surface area contributed by atoms with Gasteiger partial charge < -0.3 is 19.3 Å². The van der Waals surface area contributed by atoms with Crippen LogP contribution < -0.4 is 61.6 Å². The molecular formula is C30H36KN3O9S4. The predicted octanol–water partition coefficient (Wildman–Crippen LogP) is 0.405. The van der Waals surface area contributed by atoms with Gasteiger partial charge in [0.2, 0.25) is 11.6 Å². The second-order valence-electron chi connectivity index (χ2n) is 12.3. The van der Waals surface area contributed by atoms with E-state index in [9.17, 15) is 39.2 Å². The first-order valence-electron chi connectivity index (χ1n) is 14.1. The second-order valence-corrected chi connectivity index (χ2v) is 19.6. The molecule has 0 bridgehead atoms. The summed E-state index contributed by atoms with van der Waals surface area (Å²) in [5.74, 6) is -1.23. The smallest absolute Gasteiger partial charge is 0.748 e. The fraction of sp³-hybridized carbons (Fsp3) is 0.400. The predicted molar refractivity (Wildman–Crippen MR) is 177 cm³/mol. The number of hydrogen-bond acceptors (Lipinski definition) is 11. The molecule has 1 N–H and O–H groups in total. The number of benzene rings is 2. The summed E-state index contributed by atoms with van der Waals surface area (Å²) in [6.45, 7) is 7.98. The standard InChI is InChI=1S/C30H37N3O9S4.K/c1-29(2)22-17-20(31-28(34)19-43-44(6,35)36)11-13-24(22)32(5)26(29)9-7-10-27-30(3,4)23-18-21(46(40,41)42)12-14-25(23)33(27)15-8-16-45(37,38)39;/h7,9-14,17-18H,8,15-16,19H2,1-6H3,(H2-,31,34,37,38,39,40,41,42);/q;+1/p-1. The molecule has 0 radical (unpaired) electrons. The number of rotatable bonds is 11. The van der Waals surface area contributed by atoms with Crippen molar-refractivity contribution in [2.24, 2.45) is 0 Å². The van der Waals surface area contributed by atoms with Gasteiger partial charge >= 0.3 is 51.4 Å². The van der Waals surface area contributed by atoms with Crippen LogP contribution in [0.15, 0.2) is 65.2 Å². The zero-order valence-electron chi connectivity index (χ0n) is 27.2. The minimum atomic E-state index is -4.72. The van der Waals surface area contributed by atoms with Crippen LogP contribution in [0.4, 0.5) is 17.1 Å². The van der Waals surface area contributed by atoms with Crippen molar-refractivity contribution in [2.45, 2.75) is 49.8 Å². The van der Waals surface area contributed by atoms with Gasteiger partial charge in [0.05, 0.1) is 26.2 Å². The van der Waals surface area contributed by atoms with E-state index in [0.717, 1.165) is 28.9 Å². The Morgan fingerprint density at radius 3 is 2.23 bits per heavy atom. The number of amides is 1. The fourth-order valence-corrected chi connectivity index (χ4v) is 8.29. The van der Waals surface area contributed by atoms with Crippen LogP contribution in [0.2, 0.25) is 0 Å². The van der Waals surface area contributed by atoms with Crippen molar-refractivity contribution >= 4 is 68.6 Å². The number of nitrogens with one attached hydrogen (secondary N) is 1. The molecule has 0 aliphatic carbocycles. The maximum absolute atomic E-state index is 12.3. The van der Waals surface area contributed by atoms with Gasteiger partial charge in [-0.25, -0.2) is 25.3 Å². The van der Waals surface area contributed by atoms with Crippen LogP contribution in [0.3, 0.4) is 0 Å². The van der Waals surface area contributed by atoms with Gasteiger partial charge in [0.25, 0.3) is 0 Å². The fourth-order valence-electron chi connectivity index (χ4n) is 5.95. The molecule has 2 heterocycles. The average molecular weight is 750 g/mol. The van der Waals surface area contributed by atoms with E-state index in [1.165, 1.54) is 18.2 Å². The van der Waals surface area contributed by atoms with Crippen LogP contribution in [0, 0.1) is 0 Å². The van der Waals surface area contributed by atoms with E-state index >= 15 is 0 Å². The summed E-state index contributed by atoms with van der Waals surface area (Å²) >= 11 is 0. The Hall–Kier alpha value is -1.38. The van der Waals surface area contributed by atoms with Gasteiger partial charge in [-0.3, -0.25) is 4.79 Å². The van der Waals surface area contributed by atoms with Gasteiger partial charge in [-0.15, -0.1) is 0 Å². The van der Waals surface area contributed by atoms with E-state index in [1.807, 2.05) is 74.6 Å². The SMILES string of the molecule is C[N+]1=C(/C=C/C=C2\N(CCCS(=O)(=O)[O-])c3ccc(S(=O)(=O)[O-])cc3C2(C)C)C(C)(C)c2cc(NC(=O)CSS(C)(=O)=O)ccc21.[K+]. The molecule has 0 atom stereocenters. The Morgan fingerprint density at radius 1 is 0.979 bits per heavy atom. The molecule has 0 saturated heterocycles. The Bertz CT molecular complexity index is 2020. The first kappa shape index (κ1) is 40.0. The van der Waals surface area contributed by atoms with E-state index < -0.39 is 51.6 Å². The molecule has 2 aliphatic heterocycles. The maximum atomic E-state index is 12.3. The molecule has 1 amide bonds. The molecule has 47 heavy (non-hydrogen) atoms. The number of carbonyl (C=O) groups excluding carboxylic acids is 1. The Morgan fingerprint density at radius 2 is 1.64 bits per heavy atom. The third kappa shape index (κ3) is 9.25. The van der Waals surface area contributed by atoms with Crippen molar-refractivity contribution in [3.05, 3.63) is 71.5 Å². The van der Waals surface area contributed by atoms with E-state index in [4.69, 9.17) is 0 Å². The Balaban J connectivity index is 0.00000600. The summed E-state index contributed by atoms with van der Waals surface area (Å²) < 4.78 is 94.1. The molecule has 2 aromatic carbocycles. The number of anilines is 2. The number of fused-ring (bicyclic) bond motifs is 2. The summed E-state index contributed by atoms with van der Waals surface area (Å²) in [7, 11) is -10.0. The topological polar surface area (TPSA) is 184 Å². The number of nitrogens with zero attached hydrogens (tertiary/aromatic N) is 2. The van der Waals surface area contributed by atoms with E-state index in [-0.39, 0.29) is 75.0 Å². The third-order valence-corrected chi connectivity index (χ3v) is 12.2. The maximum Gasteiger partial charge on any atom is 1.00 e. The van der Waals surface area contributed by atoms with Gasteiger partial charge in [-0.1, -0.05) is 19.9 Å². The van der Waals surface area contributed by atoms with Crippen LogP contribution >= 0.6 is 10.8 Å². The number of carbonyl (C=O) groups is 1. The zero-order valence-corrected chi connectivity index (χ0v) is 33.6. The van der Waals surface area contributed by atoms with Crippen LogP contribution in [-0.4, -0.2) is 81.9 Å². The summed E-state index contributed by atoms with van der Waals surface area (Å²) in [5.41, 5.74) is 3.95. The largest absolute Gasteiger partial charge is 1.00 e. The molecule has 0 saturated carbocycles. The molecule has 0 spiro atoms. The number of hydrogen-bond donors (Lipinski definition) is 1. The molecular weight excluding hydrogens is 714 g/mol. The second kappa shape index (κ2) is 14.5. The monoisotopic (exact) mass is 749 g/mol. The van der Waals surface area contributed by atoms with Crippen molar-refractivity contribution in [1.82, 2.24) is 0 Å². The first-order valence-corrected chi connectivity index (χ1v) is 20.5. The molecule has 250 valence electrons. The van der Waals surface area contributed by atoms with Crippen LogP contribution in [0.1, 0.15) is 45.2 Å². The van der Waals surface area contributed by atoms with Crippen molar-refractivity contribution in [1.29, 1.82) is 0 Å². The molecule has 2 aliphatic rings. The Labute approximate surface area is 323 Å². The minimum absolute atomic E-state index is 0. The summed E-state index contributed by atoms with van der Waals surface area (Å²) in [4.78, 5) is 13.8. The molecule has 2 aromatic rings. The zero-order chi connectivity index (χ0) is 34.5. The summed E-state index contributed by atoms with van der Waals surface area (Å²) in [5, 5.41) is 2.75. The van der Waals surface area contributed by atoms with Gasteiger partial charge in [0.1, 0.15) is 17.2 Å². The van der Waals surface area contributed by atoms with E-state index in [1.54, 1.807) is 6.07 Å². The van der Waals surface area contributed by atoms with Gasteiger partial charge in [0, 0.05) is 58.7 Å². The van der Waals surface area contributed by atoms with Crippen molar-refractivity contribution < 1.29 is 95.1 Å². The van der Waals surface area contributed by atoms with Crippen LogP contribution in [0.5, 0.6) is 0 Å². The third-order valence-electron chi connectivity index (χ3n) is 8.16. The first-order chi connectivity index (χ1) is 21.0. The Kier molecular flexibility index (Phi) is 12.3. The van der Waals surface area contributed by atoms with Gasteiger partial charge in [-0.05, 0) is 73.0 Å². The van der Waals surface area contributed by atoms with Crippen molar-refractivity contribution in [3.8, 4) is 0 Å². The molecule has 0 aromatic heterocycles. The summed E-state index contributed by atoms with van der Waals surface area (Å²) in [6.07, 6.45) is 6.71. The molecule has 4 rings (SSSR count). The van der Waals surface area contributed by atoms with Gasteiger partial charge in [0.15, 0.2) is 14.6 Å². The molecule has 0 fully saturated rings. The number of allylic oxidation sites excluding steroid dienone is 4.